The van der Waals surface area contributed by atoms with E-state index in [9.17, 15) is 14.4 Å². The Labute approximate surface area is 119 Å². The first-order valence-corrected chi connectivity index (χ1v) is 6.76. The van der Waals surface area contributed by atoms with Crippen LogP contribution in [-0.2, 0) is 14.3 Å². The molecule has 0 aromatic carbocycles. The van der Waals surface area contributed by atoms with Gasteiger partial charge in [0, 0.05) is 0 Å². The molecule has 0 spiro atoms. The number of alkyl halides is 1. The van der Waals surface area contributed by atoms with Crippen molar-refractivity contribution in [3.8, 4) is 0 Å². The van der Waals surface area contributed by atoms with Gasteiger partial charge < -0.3 is 14.8 Å². The van der Waals surface area contributed by atoms with Crippen LogP contribution in [0.15, 0.2) is 0 Å². The summed E-state index contributed by atoms with van der Waals surface area (Å²) in [4.78, 5) is 34.7. The minimum Gasteiger partial charge on any atom is -0.467 e. The van der Waals surface area contributed by atoms with E-state index >= 15 is 0 Å². The second-order valence-electron chi connectivity index (χ2n) is 4.57. The summed E-state index contributed by atoms with van der Waals surface area (Å²) in [6.07, 6.45) is -0.0580. The average molecular weight is 337 g/mol. The molecule has 0 radical (unpaired) electrons. The average Bonchev–Trinajstić information content (AvgIpc) is 2.68. The van der Waals surface area contributed by atoms with Crippen molar-refractivity contribution in [1.82, 2.24) is 10.2 Å². The van der Waals surface area contributed by atoms with Crippen molar-refractivity contribution in [2.24, 2.45) is 5.92 Å². The molecule has 0 bridgehead atoms. The Bertz CT molecular complexity index is 374. The van der Waals surface area contributed by atoms with Gasteiger partial charge in [0.2, 0.25) is 0 Å². The summed E-state index contributed by atoms with van der Waals surface area (Å²) < 4.78 is 9.32. The van der Waals surface area contributed by atoms with Crippen molar-refractivity contribution in [2.45, 2.75) is 31.3 Å². The molecule has 1 heterocycles. The lowest BCUT2D eigenvalue weighted by Gasteiger charge is -2.22. The molecule has 0 saturated carbocycles. The summed E-state index contributed by atoms with van der Waals surface area (Å²) in [7, 11) is 1.20. The van der Waals surface area contributed by atoms with Crippen molar-refractivity contribution in [2.75, 3.05) is 13.7 Å². The molecule has 1 saturated heterocycles. The van der Waals surface area contributed by atoms with Gasteiger partial charge in [0.25, 0.3) is 0 Å². The molecule has 1 aliphatic rings. The smallest absolute Gasteiger partial charge is 0.418 e. The fourth-order valence-corrected chi connectivity index (χ4v) is 2.15. The van der Waals surface area contributed by atoms with Gasteiger partial charge in [-0.3, -0.25) is 0 Å². The van der Waals surface area contributed by atoms with Crippen molar-refractivity contribution in [1.29, 1.82) is 0 Å². The molecule has 1 N–H and O–H groups in total. The molecule has 108 valence electrons. The summed E-state index contributed by atoms with van der Waals surface area (Å²) in [6, 6.07) is -0.995. The number of cyclic esters (lactones) is 1. The van der Waals surface area contributed by atoms with Gasteiger partial charge in [-0.15, -0.1) is 0 Å². The maximum absolute atomic E-state index is 12.0. The first-order valence-electron chi connectivity index (χ1n) is 5.85. The van der Waals surface area contributed by atoms with Crippen LogP contribution in [0.4, 0.5) is 9.59 Å². The van der Waals surface area contributed by atoms with Gasteiger partial charge in [-0.1, -0.05) is 29.8 Å². The zero-order valence-corrected chi connectivity index (χ0v) is 12.6. The van der Waals surface area contributed by atoms with Gasteiger partial charge in [-0.2, -0.15) is 0 Å². The van der Waals surface area contributed by atoms with Crippen LogP contribution in [-0.4, -0.2) is 47.7 Å². The predicted octanol–water partition coefficient (Wildman–Crippen LogP) is 1.46. The second-order valence-corrected chi connectivity index (χ2v) is 5.48. The second kappa shape index (κ2) is 6.74. The van der Waals surface area contributed by atoms with E-state index in [0.717, 1.165) is 4.90 Å². The summed E-state index contributed by atoms with van der Waals surface area (Å²) >= 11 is 2.96. The highest BCUT2D eigenvalue weighted by molar-refractivity contribution is 9.10. The maximum Gasteiger partial charge on any atom is 0.418 e. The third-order valence-corrected chi connectivity index (χ3v) is 3.18. The van der Waals surface area contributed by atoms with Crippen molar-refractivity contribution < 1.29 is 23.9 Å². The van der Waals surface area contributed by atoms with Crippen LogP contribution in [0.25, 0.3) is 0 Å². The number of nitrogens with zero attached hydrogens (tertiary/aromatic N) is 1. The van der Waals surface area contributed by atoms with Crippen molar-refractivity contribution in [3.63, 3.8) is 0 Å². The molecular weight excluding hydrogens is 320 g/mol. The number of carbonyl (C=O) groups is 3. The number of hydrogen-bond acceptors (Lipinski definition) is 5. The summed E-state index contributed by atoms with van der Waals surface area (Å²) in [5.41, 5.74) is 0. The molecule has 19 heavy (non-hydrogen) atoms. The Hall–Kier alpha value is -1.31. The number of nitrogens with one attached hydrogen (secondary N) is 1. The quantitative estimate of drug-likeness (QED) is 0.477. The zero-order chi connectivity index (χ0) is 14.6. The number of imide groups is 1. The van der Waals surface area contributed by atoms with E-state index < -0.39 is 23.0 Å². The number of hydrogen-bond donors (Lipinski definition) is 1. The van der Waals surface area contributed by atoms with Crippen LogP contribution < -0.4 is 5.32 Å². The third kappa shape index (κ3) is 4.09. The minimum absolute atomic E-state index is 0.176. The molecule has 3 amide bonds. The number of carbonyl (C=O) groups excluding carboxylic acids is 3. The number of ether oxygens (including phenoxy) is 2. The molecule has 8 heteroatoms. The summed E-state index contributed by atoms with van der Waals surface area (Å²) in [5, 5.41) is 2.33. The molecule has 0 aromatic heterocycles. The van der Waals surface area contributed by atoms with E-state index in [1.165, 1.54) is 7.11 Å². The molecule has 7 nitrogen and oxygen atoms in total. The van der Waals surface area contributed by atoms with Crippen LogP contribution >= 0.6 is 15.9 Å². The third-order valence-electron chi connectivity index (χ3n) is 2.58. The van der Waals surface area contributed by atoms with Crippen LogP contribution in [0.5, 0.6) is 0 Å². The minimum atomic E-state index is -1.00. The van der Waals surface area contributed by atoms with E-state index in [1.54, 1.807) is 0 Å². The van der Waals surface area contributed by atoms with Crippen LogP contribution in [0.1, 0.15) is 20.3 Å². The van der Waals surface area contributed by atoms with Gasteiger partial charge in [0.05, 0.1) is 13.2 Å². The highest BCUT2D eigenvalue weighted by atomic mass is 79.9. The van der Waals surface area contributed by atoms with Gasteiger partial charge in [-0.05, 0) is 12.3 Å². The normalized spacial score (nSPS) is 20.2. The predicted molar refractivity (Wildman–Crippen MR) is 69.7 cm³/mol. The number of esters is 1. The van der Waals surface area contributed by atoms with Gasteiger partial charge >= 0.3 is 18.1 Å². The van der Waals surface area contributed by atoms with Crippen LogP contribution in [0, 0.1) is 5.92 Å². The number of methoxy groups -OCH3 is 1. The van der Waals surface area contributed by atoms with Gasteiger partial charge in [0.15, 0.2) is 4.95 Å². The number of urea groups is 1. The first kappa shape index (κ1) is 15.7. The fourth-order valence-electron chi connectivity index (χ4n) is 1.77. The van der Waals surface area contributed by atoms with E-state index in [-0.39, 0.29) is 12.6 Å². The largest absolute Gasteiger partial charge is 0.467 e. The van der Waals surface area contributed by atoms with Crippen LogP contribution in [0.2, 0.25) is 0 Å². The molecule has 1 aliphatic heterocycles. The zero-order valence-electron chi connectivity index (χ0n) is 11.0. The molecule has 1 unspecified atom stereocenters. The number of halogens is 1. The highest BCUT2D eigenvalue weighted by Crippen LogP contribution is 2.19. The Balaban J connectivity index is 2.67. The Morgan fingerprint density at radius 2 is 2.21 bits per heavy atom. The maximum atomic E-state index is 12.0. The lowest BCUT2D eigenvalue weighted by molar-refractivity contribution is -0.140. The SMILES string of the molecule is COC(=O)C(Br)NC(=O)N1C(=O)OC[C@@H]1CC(C)C. The van der Waals surface area contributed by atoms with E-state index in [4.69, 9.17) is 4.74 Å². The molecule has 0 aliphatic carbocycles. The summed E-state index contributed by atoms with van der Waals surface area (Å²) in [6.45, 7) is 4.15. The highest BCUT2D eigenvalue weighted by Gasteiger charge is 2.39. The molecule has 1 rings (SSSR count). The molecule has 0 aromatic rings. The first-order chi connectivity index (χ1) is 8.86. The Kier molecular flexibility index (Phi) is 5.59. The fraction of sp³-hybridized carbons (Fsp3) is 0.727. The van der Waals surface area contributed by atoms with Crippen LogP contribution in [0.3, 0.4) is 0 Å². The number of rotatable bonds is 4. The lowest BCUT2D eigenvalue weighted by Crippen LogP contribution is -2.49. The van der Waals surface area contributed by atoms with Gasteiger partial charge in [-0.25, -0.2) is 19.3 Å². The van der Waals surface area contributed by atoms with Gasteiger partial charge in [0.1, 0.15) is 6.61 Å². The van der Waals surface area contributed by atoms with Crippen molar-refractivity contribution >= 4 is 34.0 Å². The molecule has 1 fully saturated rings. The van der Waals surface area contributed by atoms with E-state index in [2.05, 4.69) is 26.0 Å². The number of amides is 3. The van der Waals surface area contributed by atoms with E-state index in [0.29, 0.717) is 12.3 Å². The standard InChI is InChI=1S/C11H17BrN2O5/c1-6(2)4-7-5-19-11(17)14(7)10(16)13-8(12)9(15)18-3/h6-8H,4-5H2,1-3H3,(H,13,16)/t7-,8?/m0/s1. The van der Waals surface area contributed by atoms with E-state index in [1.807, 2.05) is 13.8 Å². The van der Waals surface area contributed by atoms with Crippen molar-refractivity contribution in [3.05, 3.63) is 0 Å². The summed E-state index contributed by atoms with van der Waals surface area (Å²) in [5.74, 6) is -0.337. The Morgan fingerprint density at radius 1 is 1.58 bits per heavy atom. The lowest BCUT2D eigenvalue weighted by atomic mass is 10.0. The monoisotopic (exact) mass is 336 g/mol. The topological polar surface area (TPSA) is 84.9 Å². The Morgan fingerprint density at radius 3 is 2.74 bits per heavy atom. The molecular formula is C11H17BrN2O5. The molecule has 2 atom stereocenters.